The molecule has 6 nitrogen and oxygen atoms in total. The summed E-state index contributed by atoms with van der Waals surface area (Å²) in [5, 5.41) is 2.54. The molecule has 23 heavy (non-hydrogen) atoms. The molecule has 3 rings (SSSR count). The van der Waals surface area contributed by atoms with E-state index in [4.69, 9.17) is 4.74 Å². The predicted octanol–water partition coefficient (Wildman–Crippen LogP) is 2.08. The van der Waals surface area contributed by atoms with Gasteiger partial charge in [-0.05, 0) is 31.2 Å². The number of rotatable bonds is 4. The molecule has 0 unspecified atom stereocenters. The second kappa shape index (κ2) is 6.39. The third-order valence-electron chi connectivity index (χ3n) is 3.31. The van der Waals surface area contributed by atoms with Gasteiger partial charge >= 0.3 is 5.97 Å². The Morgan fingerprint density at radius 3 is 2.43 bits per heavy atom. The van der Waals surface area contributed by atoms with Crippen LogP contribution in [0.25, 0.3) is 22.1 Å². The minimum absolute atomic E-state index is 0.177. The van der Waals surface area contributed by atoms with Gasteiger partial charge in [-0.1, -0.05) is 18.2 Å². The Balaban J connectivity index is 1.95. The Kier molecular flexibility index (Phi) is 4.14. The molecule has 3 aromatic rings. The first-order chi connectivity index (χ1) is 11.2. The highest BCUT2D eigenvalue weighted by atomic mass is 16.5. The van der Waals surface area contributed by atoms with E-state index in [-0.39, 0.29) is 19.1 Å². The smallest absolute Gasteiger partial charge is 0.325 e. The Bertz CT molecular complexity index is 893. The normalized spacial score (nSPS) is 10.7. The van der Waals surface area contributed by atoms with Crippen LogP contribution in [0.2, 0.25) is 0 Å². The standard InChI is InChI=1S/C17H15N3O3/c1-2-23-15(21)10-18-17(22)11-6-5-9-14-16(11)20-13-8-4-3-7-12(13)19-14/h3-9H,2,10H2,1H3,(H,18,22). The van der Waals surface area contributed by atoms with Crippen molar-refractivity contribution in [2.45, 2.75) is 6.92 Å². The van der Waals surface area contributed by atoms with Gasteiger partial charge in [0.05, 0.1) is 28.7 Å². The summed E-state index contributed by atoms with van der Waals surface area (Å²) in [5.74, 6) is -0.856. The zero-order valence-electron chi connectivity index (χ0n) is 12.6. The molecular formula is C17H15N3O3. The summed E-state index contributed by atoms with van der Waals surface area (Å²) in [6.45, 7) is 1.82. The quantitative estimate of drug-likeness (QED) is 0.589. The first-order valence-corrected chi connectivity index (χ1v) is 7.28. The third-order valence-corrected chi connectivity index (χ3v) is 3.31. The number of fused-ring (bicyclic) bond motifs is 2. The lowest BCUT2D eigenvalue weighted by atomic mass is 10.1. The molecule has 1 N–H and O–H groups in total. The minimum atomic E-state index is -0.474. The molecule has 0 bridgehead atoms. The molecule has 6 heteroatoms. The Morgan fingerprint density at radius 2 is 1.70 bits per heavy atom. The fourth-order valence-corrected chi connectivity index (χ4v) is 2.29. The van der Waals surface area contributed by atoms with E-state index in [1.807, 2.05) is 24.3 Å². The van der Waals surface area contributed by atoms with Gasteiger partial charge in [0.15, 0.2) is 0 Å². The monoisotopic (exact) mass is 309 g/mol. The summed E-state index contributed by atoms with van der Waals surface area (Å²) >= 11 is 0. The number of amides is 1. The van der Waals surface area contributed by atoms with E-state index in [2.05, 4.69) is 15.3 Å². The summed E-state index contributed by atoms with van der Waals surface area (Å²) < 4.78 is 4.79. The Morgan fingerprint density at radius 1 is 1.00 bits per heavy atom. The molecular weight excluding hydrogens is 294 g/mol. The first-order valence-electron chi connectivity index (χ1n) is 7.28. The summed E-state index contributed by atoms with van der Waals surface area (Å²) in [6.07, 6.45) is 0. The van der Waals surface area contributed by atoms with Gasteiger partial charge in [-0.25, -0.2) is 9.97 Å². The van der Waals surface area contributed by atoms with Crippen LogP contribution in [0.15, 0.2) is 42.5 Å². The van der Waals surface area contributed by atoms with Crippen LogP contribution >= 0.6 is 0 Å². The molecule has 0 aliphatic heterocycles. The van der Waals surface area contributed by atoms with Crippen molar-refractivity contribution in [3.05, 3.63) is 48.0 Å². The number of nitrogens with zero attached hydrogens (tertiary/aromatic N) is 2. The molecule has 0 atom stereocenters. The van der Waals surface area contributed by atoms with Crippen LogP contribution in [0, 0.1) is 0 Å². The van der Waals surface area contributed by atoms with E-state index in [9.17, 15) is 9.59 Å². The van der Waals surface area contributed by atoms with Gasteiger partial charge in [0.1, 0.15) is 12.1 Å². The topological polar surface area (TPSA) is 81.2 Å². The maximum atomic E-state index is 12.3. The largest absolute Gasteiger partial charge is 0.465 e. The average Bonchev–Trinajstić information content (AvgIpc) is 2.57. The summed E-state index contributed by atoms with van der Waals surface area (Å²) in [6, 6.07) is 12.7. The second-order valence-electron chi connectivity index (χ2n) is 4.87. The van der Waals surface area contributed by atoms with Gasteiger partial charge < -0.3 is 10.1 Å². The van der Waals surface area contributed by atoms with E-state index in [1.54, 1.807) is 25.1 Å². The SMILES string of the molecule is CCOC(=O)CNC(=O)c1cccc2nc3ccccc3nc12. The van der Waals surface area contributed by atoms with E-state index in [0.29, 0.717) is 22.1 Å². The van der Waals surface area contributed by atoms with Crippen LogP contribution in [-0.2, 0) is 9.53 Å². The van der Waals surface area contributed by atoms with Crippen molar-refractivity contribution in [3.63, 3.8) is 0 Å². The van der Waals surface area contributed by atoms with Crippen molar-refractivity contribution in [2.24, 2.45) is 0 Å². The second-order valence-corrected chi connectivity index (χ2v) is 4.87. The number of carbonyl (C=O) groups excluding carboxylic acids is 2. The van der Waals surface area contributed by atoms with Crippen molar-refractivity contribution in [2.75, 3.05) is 13.2 Å². The van der Waals surface area contributed by atoms with Gasteiger partial charge in [-0.15, -0.1) is 0 Å². The number of ether oxygens (including phenoxy) is 1. The van der Waals surface area contributed by atoms with Gasteiger partial charge in [-0.2, -0.15) is 0 Å². The summed E-state index contributed by atoms with van der Waals surface area (Å²) in [7, 11) is 0. The third kappa shape index (κ3) is 3.11. The van der Waals surface area contributed by atoms with Crippen molar-refractivity contribution < 1.29 is 14.3 Å². The molecule has 1 amide bonds. The van der Waals surface area contributed by atoms with Crippen LogP contribution in [0.3, 0.4) is 0 Å². The highest BCUT2D eigenvalue weighted by Gasteiger charge is 2.14. The lowest BCUT2D eigenvalue weighted by Gasteiger charge is -2.08. The maximum Gasteiger partial charge on any atom is 0.325 e. The lowest BCUT2D eigenvalue weighted by molar-refractivity contribution is -0.141. The van der Waals surface area contributed by atoms with Gasteiger partial charge in [0.25, 0.3) is 5.91 Å². The van der Waals surface area contributed by atoms with Gasteiger partial charge in [0, 0.05) is 0 Å². The molecule has 1 heterocycles. The van der Waals surface area contributed by atoms with E-state index in [0.717, 1.165) is 5.52 Å². The molecule has 0 saturated heterocycles. The van der Waals surface area contributed by atoms with Crippen LogP contribution < -0.4 is 5.32 Å². The molecule has 0 fully saturated rings. The molecule has 116 valence electrons. The number of para-hydroxylation sites is 3. The summed E-state index contributed by atoms with van der Waals surface area (Å²) in [4.78, 5) is 32.7. The van der Waals surface area contributed by atoms with Crippen LogP contribution in [0.5, 0.6) is 0 Å². The lowest BCUT2D eigenvalue weighted by Crippen LogP contribution is -2.30. The number of carbonyl (C=O) groups is 2. The highest BCUT2D eigenvalue weighted by Crippen LogP contribution is 2.19. The molecule has 0 spiro atoms. The van der Waals surface area contributed by atoms with Gasteiger partial charge in [-0.3, -0.25) is 9.59 Å². The zero-order chi connectivity index (χ0) is 16.2. The van der Waals surface area contributed by atoms with Crippen LogP contribution in [-0.4, -0.2) is 35.0 Å². The molecule has 0 aliphatic rings. The number of hydrogen-bond donors (Lipinski definition) is 1. The highest BCUT2D eigenvalue weighted by molar-refractivity contribution is 6.06. The van der Waals surface area contributed by atoms with Crippen molar-refractivity contribution in [1.82, 2.24) is 15.3 Å². The maximum absolute atomic E-state index is 12.3. The molecule has 0 saturated carbocycles. The minimum Gasteiger partial charge on any atom is -0.465 e. The fourth-order valence-electron chi connectivity index (χ4n) is 2.29. The predicted molar refractivity (Wildman–Crippen MR) is 86.0 cm³/mol. The first kappa shape index (κ1) is 14.9. The fraction of sp³-hybridized carbons (Fsp3) is 0.176. The number of nitrogens with one attached hydrogen (secondary N) is 1. The molecule has 1 aromatic heterocycles. The van der Waals surface area contributed by atoms with Crippen LogP contribution in [0.4, 0.5) is 0 Å². The van der Waals surface area contributed by atoms with E-state index < -0.39 is 5.97 Å². The van der Waals surface area contributed by atoms with Crippen molar-refractivity contribution in [1.29, 1.82) is 0 Å². The van der Waals surface area contributed by atoms with E-state index >= 15 is 0 Å². The molecule has 2 aromatic carbocycles. The Labute approximate surface area is 132 Å². The Hall–Kier alpha value is -3.02. The summed E-state index contributed by atoms with van der Waals surface area (Å²) in [5.41, 5.74) is 3.00. The van der Waals surface area contributed by atoms with Crippen molar-refractivity contribution in [3.8, 4) is 0 Å². The number of esters is 1. The van der Waals surface area contributed by atoms with Crippen molar-refractivity contribution >= 4 is 33.9 Å². The zero-order valence-corrected chi connectivity index (χ0v) is 12.6. The number of benzene rings is 2. The molecule has 0 aliphatic carbocycles. The van der Waals surface area contributed by atoms with Crippen LogP contribution in [0.1, 0.15) is 17.3 Å². The molecule has 0 radical (unpaired) electrons. The van der Waals surface area contributed by atoms with Gasteiger partial charge in [0.2, 0.25) is 0 Å². The number of hydrogen-bond acceptors (Lipinski definition) is 5. The number of aromatic nitrogens is 2. The van der Waals surface area contributed by atoms with E-state index in [1.165, 1.54) is 0 Å². The average molecular weight is 309 g/mol.